The van der Waals surface area contributed by atoms with Crippen LogP contribution in [0.1, 0.15) is 0 Å². The molecule has 1 fully saturated rings. The number of piperazine rings is 1. The van der Waals surface area contributed by atoms with Gasteiger partial charge in [0.1, 0.15) is 11.6 Å². The number of pyridine rings is 1. The van der Waals surface area contributed by atoms with Crippen molar-refractivity contribution < 1.29 is 9.53 Å². The number of para-hydroxylation sites is 1. The molecule has 0 N–H and O–H groups in total. The molecule has 0 saturated carbocycles. The molecule has 3 heterocycles. The molecular weight excluding hydrogens is 374 g/mol. The molecule has 4 rings (SSSR count). The normalized spacial score (nSPS) is 14.4. The molecule has 0 radical (unpaired) electrons. The lowest BCUT2D eigenvalue weighted by Crippen LogP contribution is -2.51. The smallest absolute Gasteiger partial charge is 0.242 e. The van der Waals surface area contributed by atoms with Crippen LogP contribution in [-0.4, -0.2) is 67.7 Å². The van der Waals surface area contributed by atoms with E-state index in [1.54, 1.807) is 24.6 Å². The van der Waals surface area contributed by atoms with Crippen molar-refractivity contribution in [3.05, 3.63) is 42.6 Å². The van der Waals surface area contributed by atoms with Gasteiger partial charge in [-0.25, -0.2) is 9.97 Å². The van der Waals surface area contributed by atoms with E-state index >= 15 is 0 Å². The lowest BCUT2D eigenvalue weighted by molar-refractivity contribution is -0.129. The fourth-order valence-electron chi connectivity index (χ4n) is 3.26. The molecule has 0 spiro atoms. The van der Waals surface area contributed by atoms with Gasteiger partial charge in [-0.05, 0) is 24.3 Å². The number of carbonyl (C=O) groups is 1. The van der Waals surface area contributed by atoms with Gasteiger partial charge in [0, 0.05) is 33.2 Å². The average Bonchev–Trinajstić information content (AvgIpc) is 3.18. The van der Waals surface area contributed by atoms with Crippen LogP contribution in [-0.2, 0) is 4.79 Å². The number of likely N-dealkylation sites (N-methyl/N-ethyl adjacent to an activating group) is 1. The summed E-state index contributed by atoms with van der Waals surface area (Å²) in [7, 11) is 3.56. The molecular formula is C20H23N5O2S. The van der Waals surface area contributed by atoms with Gasteiger partial charge in [-0.2, -0.15) is 0 Å². The molecule has 1 saturated heterocycles. The van der Waals surface area contributed by atoms with Crippen LogP contribution in [0, 0.1) is 0 Å². The Kier molecular flexibility index (Phi) is 5.29. The second-order valence-electron chi connectivity index (χ2n) is 6.74. The van der Waals surface area contributed by atoms with Gasteiger partial charge in [-0.3, -0.25) is 4.79 Å². The summed E-state index contributed by atoms with van der Waals surface area (Å²) >= 11 is 1.61. The number of fused-ring (bicyclic) bond motifs is 1. The Labute approximate surface area is 168 Å². The second kappa shape index (κ2) is 8.02. The number of nitrogens with zero attached hydrogens (tertiary/aromatic N) is 5. The fourth-order valence-corrected chi connectivity index (χ4v) is 4.19. The van der Waals surface area contributed by atoms with Gasteiger partial charge in [0.15, 0.2) is 5.13 Å². The van der Waals surface area contributed by atoms with Crippen molar-refractivity contribution >= 4 is 38.4 Å². The molecule has 0 bridgehead atoms. The summed E-state index contributed by atoms with van der Waals surface area (Å²) < 4.78 is 6.29. The monoisotopic (exact) mass is 397 g/mol. The number of ether oxygens (including phenoxy) is 1. The number of anilines is 2. The van der Waals surface area contributed by atoms with E-state index in [1.807, 2.05) is 47.2 Å². The van der Waals surface area contributed by atoms with Crippen LogP contribution < -0.4 is 14.5 Å². The second-order valence-corrected chi connectivity index (χ2v) is 7.75. The molecule has 0 unspecified atom stereocenters. The molecule has 1 aliphatic heterocycles. The largest absolute Gasteiger partial charge is 0.495 e. The van der Waals surface area contributed by atoms with Gasteiger partial charge in [-0.15, -0.1) is 0 Å². The number of hydrogen-bond donors (Lipinski definition) is 0. The van der Waals surface area contributed by atoms with Crippen molar-refractivity contribution in [1.82, 2.24) is 14.9 Å². The maximum atomic E-state index is 12.7. The Morgan fingerprint density at radius 3 is 2.64 bits per heavy atom. The van der Waals surface area contributed by atoms with E-state index in [9.17, 15) is 4.79 Å². The quantitative estimate of drug-likeness (QED) is 0.659. The van der Waals surface area contributed by atoms with Crippen LogP contribution in [0.2, 0.25) is 0 Å². The lowest BCUT2D eigenvalue weighted by Gasteiger charge is -2.36. The van der Waals surface area contributed by atoms with E-state index in [0.717, 1.165) is 40.0 Å². The number of carbonyl (C=O) groups excluding carboxylic acids is 1. The summed E-state index contributed by atoms with van der Waals surface area (Å²) in [5.74, 6) is 1.79. The summed E-state index contributed by atoms with van der Waals surface area (Å²) in [5.41, 5.74) is 0.974. The summed E-state index contributed by atoms with van der Waals surface area (Å²) in [6.07, 6.45) is 1.72. The van der Waals surface area contributed by atoms with Gasteiger partial charge in [0.25, 0.3) is 0 Å². The summed E-state index contributed by atoms with van der Waals surface area (Å²) in [6.45, 7) is 3.27. The Morgan fingerprint density at radius 1 is 1.18 bits per heavy atom. The van der Waals surface area contributed by atoms with Crippen LogP contribution >= 0.6 is 11.3 Å². The average molecular weight is 398 g/mol. The van der Waals surface area contributed by atoms with E-state index in [4.69, 9.17) is 4.74 Å². The Morgan fingerprint density at radius 2 is 1.96 bits per heavy atom. The first-order valence-corrected chi connectivity index (χ1v) is 10.0. The summed E-state index contributed by atoms with van der Waals surface area (Å²) in [4.78, 5) is 27.8. The van der Waals surface area contributed by atoms with Crippen molar-refractivity contribution in [2.24, 2.45) is 0 Å². The highest BCUT2D eigenvalue weighted by Crippen LogP contribution is 2.27. The number of benzene rings is 1. The van der Waals surface area contributed by atoms with Crippen LogP contribution in [0.15, 0.2) is 42.6 Å². The SMILES string of the molecule is COc1ccc(N2CCN(C(=O)CN(C)c3nc4ccccc4s3)CC2)nc1. The predicted octanol–water partition coefficient (Wildman–Crippen LogP) is 2.48. The van der Waals surface area contributed by atoms with E-state index in [-0.39, 0.29) is 5.91 Å². The molecule has 146 valence electrons. The van der Waals surface area contributed by atoms with Crippen molar-refractivity contribution in [1.29, 1.82) is 0 Å². The fraction of sp³-hybridized carbons (Fsp3) is 0.350. The standard InChI is InChI=1S/C20H23N5O2S/c1-23(20-22-16-5-3-4-6-17(16)28-20)14-19(26)25-11-9-24(10-12-25)18-8-7-15(27-2)13-21-18/h3-8,13H,9-12,14H2,1-2H3. The molecule has 28 heavy (non-hydrogen) atoms. The molecule has 1 amide bonds. The van der Waals surface area contributed by atoms with Crippen LogP contribution in [0.5, 0.6) is 5.75 Å². The zero-order valence-electron chi connectivity index (χ0n) is 16.0. The molecule has 2 aromatic heterocycles. The third-order valence-electron chi connectivity index (χ3n) is 4.89. The first kappa shape index (κ1) is 18.5. The summed E-state index contributed by atoms with van der Waals surface area (Å²) in [6, 6.07) is 11.9. The highest BCUT2D eigenvalue weighted by Gasteiger charge is 2.23. The highest BCUT2D eigenvalue weighted by molar-refractivity contribution is 7.22. The molecule has 3 aromatic rings. The van der Waals surface area contributed by atoms with E-state index < -0.39 is 0 Å². The van der Waals surface area contributed by atoms with Gasteiger partial charge >= 0.3 is 0 Å². The molecule has 1 aromatic carbocycles. The first-order chi connectivity index (χ1) is 13.6. The molecule has 0 atom stereocenters. The van der Waals surface area contributed by atoms with E-state index in [2.05, 4.69) is 20.9 Å². The van der Waals surface area contributed by atoms with Crippen molar-refractivity contribution in [2.45, 2.75) is 0 Å². The Bertz CT molecular complexity index is 918. The van der Waals surface area contributed by atoms with Gasteiger partial charge in [0.2, 0.25) is 5.91 Å². The van der Waals surface area contributed by atoms with E-state index in [0.29, 0.717) is 19.6 Å². The van der Waals surface area contributed by atoms with Crippen LogP contribution in [0.3, 0.4) is 0 Å². The highest BCUT2D eigenvalue weighted by atomic mass is 32.1. The minimum Gasteiger partial charge on any atom is -0.495 e. The maximum absolute atomic E-state index is 12.7. The third kappa shape index (κ3) is 3.87. The zero-order chi connectivity index (χ0) is 19.5. The zero-order valence-corrected chi connectivity index (χ0v) is 16.9. The molecule has 7 nitrogen and oxygen atoms in total. The van der Waals surface area contributed by atoms with Gasteiger partial charge in [0.05, 0.1) is 30.1 Å². The molecule has 0 aliphatic carbocycles. The lowest BCUT2D eigenvalue weighted by atomic mass is 10.3. The van der Waals surface area contributed by atoms with Crippen molar-refractivity contribution in [3.8, 4) is 5.75 Å². The molecule has 8 heteroatoms. The minimum absolute atomic E-state index is 0.129. The number of rotatable bonds is 5. The number of thiazole rings is 1. The Hall–Kier alpha value is -2.87. The van der Waals surface area contributed by atoms with Gasteiger partial charge < -0.3 is 19.4 Å². The van der Waals surface area contributed by atoms with Crippen LogP contribution in [0.25, 0.3) is 10.2 Å². The number of aromatic nitrogens is 2. The van der Waals surface area contributed by atoms with Gasteiger partial charge in [-0.1, -0.05) is 23.5 Å². The van der Waals surface area contributed by atoms with Crippen molar-refractivity contribution in [3.63, 3.8) is 0 Å². The Balaban J connectivity index is 1.33. The predicted molar refractivity (Wildman–Crippen MR) is 112 cm³/mol. The first-order valence-electron chi connectivity index (χ1n) is 9.23. The number of methoxy groups -OCH3 is 1. The maximum Gasteiger partial charge on any atom is 0.242 e. The number of amides is 1. The van der Waals surface area contributed by atoms with Crippen LogP contribution in [0.4, 0.5) is 10.9 Å². The summed E-state index contributed by atoms with van der Waals surface area (Å²) in [5, 5.41) is 0.871. The minimum atomic E-state index is 0.129. The molecule has 1 aliphatic rings. The van der Waals surface area contributed by atoms with Crippen molar-refractivity contribution in [2.75, 3.05) is 56.7 Å². The topological polar surface area (TPSA) is 61.8 Å². The number of hydrogen-bond acceptors (Lipinski definition) is 7. The third-order valence-corrected chi connectivity index (χ3v) is 6.05. The van der Waals surface area contributed by atoms with E-state index in [1.165, 1.54) is 0 Å².